The Labute approximate surface area is 130 Å². The molecule has 1 heterocycles. The van der Waals surface area contributed by atoms with Crippen molar-refractivity contribution in [2.24, 2.45) is 0 Å². The van der Waals surface area contributed by atoms with Gasteiger partial charge in [0.2, 0.25) is 11.8 Å². The molecule has 0 saturated carbocycles. The molecule has 1 aromatic carbocycles. The Kier molecular flexibility index (Phi) is 4.99. The van der Waals surface area contributed by atoms with Gasteiger partial charge < -0.3 is 15.4 Å². The number of ether oxygens (including phenoxy) is 1. The van der Waals surface area contributed by atoms with Gasteiger partial charge in [0.1, 0.15) is 0 Å². The van der Waals surface area contributed by atoms with E-state index in [-0.39, 0.29) is 5.91 Å². The lowest BCUT2D eigenvalue weighted by molar-refractivity contribution is -0.114. The summed E-state index contributed by atoms with van der Waals surface area (Å²) in [5.74, 6) is 0.574. The summed E-state index contributed by atoms with van der Waals surface area (Å²) in [5, 5.41) is 6.11. The molecule has 0 aliphatic rings. The van der Waals surface area contributed by atoms with Crippen LogP contribution in [0.2, 0.25) is 0 Å². The summed E-state index contributed by atoms with van der Waals surface area (Å²) in [6.07, 6.45) is 0.844. The van der Waals surface area contributed by atoms with Crippen LogP contribution in [-0.2, 0) is 11.2 Å². The van der Waals surface area contributed by atoms with Crippen molar-refractivity contribution in [3.05, 3.63) is 41.6 Å². The van der Waals surface area contributed by atoms with Crippen molar-refractivity contribution in [2.75, 3.05) is 17.7 Å². The van der Waals surface area contributed by atoms with E-state index in [9.17, 15) is 4.79 Å². The van der Waals surface area contributed by atoms with E-state index in [2.05, 4.69) is 22.5 Å². The van der Waals surface area contributed by atoms with Crippen molar-refractivity contribution < 1.29 is 9.53 Å². The number of carbonyl (C=O) groups excluding carboxylic acids is 1. The summed E-state index contributed by atoms with van der Waals surface area (Å²) in [4.78, 5) is 15.6. The van der Waals surface area contributed by atoms with E-state index in [4.69, 9.17) is 4.74 Å². The zero-order chi connectivity index (χ0) is 16.1. The topological polar surface area (TPSA) is 63.2 Å². The Morgan fingerprint density at radius 3 is 2.64 bits per heavy atom. The first-order valence-corrected chi connectivity index (χ1v) is 7.22. The first kappa shape index (κ1) is 15.8. The zero-order valence-electron chi connectivity index (χ0n) is 13.4. The van der Waals surface area contributed by atoms with Gasteiger partial charge in [-0.25, -0.2) is 4.98 Å². The summed E-state index contributed by atoms with van der Waals surface area (Å²) >= 11 is 0. The van der Waals surface area contributed by atoms with Crippen LogP contribution in [0.4, 0.5) is 17.1 Å². The molecule has 0 atom stereocenters. The van der Waals surface area contributed by atoms with Crippen molar-refractivity contribution in [1.82, 2.24) is 4.98 Å². The van der Waals surface area contributed by atoms with Gasteiger partial charge >= 0.3 is 0 Å². The second-order valence-corrected chi connectivity index (χ2v) is 5.03. The maximum atomic E-state index is 11.1. The lowest BCUT2D eigenvalue weighted by Gasteiger charge is -2.14. The van der Waals surface area contributed by atoms with Crippen molar-refractivity contribution in [1.29, 1.82) is 0 Å². The number of nitrogens with zero attached hydrogens (tertiary/aromatic N) is 1. The first-order chi connectivity index (χ1) is 10.5. The molecule has 0 spiro atoms. The molecule has 5 nitrogen and oxygen atoms in total. The molecule has 0 aliphatic carbocycles. The number of carbonyl (C=O) groups is 1. The van der Waals surface area contributed by atoms with Gasteiger partial charge in [0, 0.05) is 23.9 Å². The third-order valence-electron chi connectivity index (χ3n) is 3.29. The number of anilines is 3. The van der Waals surface area contributed by atoms with Crippen LogP contribution >= 0.6 is 0 Å². The van der Waals surface area contributed by atoms with E-state index < -0.39 is 0 Å². The summed E-state index contributed by atoms with van der Waals surface area (Å²) in [7, 11) is 1.63. The number of benzene rings is 1. The van der Waals surface area contributed by atoms with Crippen LogP contribution in [0.3, 0.4) is 0 Å². The number of aromatic nitrogens is 1. The highest BCUT2D eigenvalue weighted by Gasteiger charge is 2.09. The van der Waals surface area contributed by atoms with Gasteiger partial charge in [-0.15, -0.1) is 0 Å². The average molecular weight is 299 g/mol. The molecule has 2 rings (SSSR count). The third-order valence-corrected chi connectivity index (χ3v) is 3.29. The molecule has 0 fully saturated rings. The Morgan fingerprint density at radius 1 is 1.27 bits per heavy atom. The number of hydrogen-bond acceptors (Lipinski definition) is 4. The Morgan fingerprint density at radius 2 is 2.00 bits per heavy atom. The smallest absolute Gasteiger partial charge is 0.221 e. The van der Waals surface area contributed by atoms with Gasteiger partial charge in [-0.3, -0.25) is 4.79 Å². The van der Waals surface area contributed by atoms with E-state index in [0.29, 0.717) is 5.88 Å². The molecule has 22 heavy (non-hydrogen) atoms. The van der Waals surface area contributed by atoms with Gasteiger partial charge in [-0.1, -0.05) is 13.0 Å². The molecular formula is C17H21N3O2. The summed E-state index contributed by atoms with van der Waals surface area (Å²) in [6.45, 7) is 5.49. The van der Waals surface area contributed by atoms with Crippen molar-refractivity contribution in [2.45, 2.75) is 27.2 Å². The van der Waals surface area contributed by atoms with Crippen LogP contribution in [0.25, 0.3) is 0 Å². The molecule has 2 aromatic rings. The van der Waals surface area contributed by atoms with E-state index >= 15 is 0 Å². The van der Waals surface area contributed by atoms with Gasteiger partial charge in [0.25, 0.3) is 0 Å². The van der Waals surface area contributed by atoms with Gasteiger partial charge in [-0.2, -0.15) is 0 Å². The van der Waals surface area contributed by atoms with Crippen LogP contribution in [0, 0.1) is 6.92 Å². The fourth-order valence-corrected chi connectivity index (χ4v) is 2.21. The largest absolute Gasteiger partial charge is 0.481 e. The normalized spacial score (nSPS) is 10.2. The van der Waals surface area contributed by atoms with Gasteiger partial charge in [0.15, 0.2) is 0 Å². The third kappa shape index (κ3) is 3.75. The summed E-state index contributed by atoms with van der Waals surface area (Å²) in [5.41, 5.74) is 4.49. The van der Waals surface area contributed by atoms with Crippen molar-refractivity contribution in [3.63, 3.8) is 0 Å². The van der Waals surface area contributed by atoms with Crippen LogP contribution in [-0.4, -0.2) is 18.0 Å². The Hall–Kier alpha value is -2.56. The minimum Gasteiger partial charge on any atom is -0.481 e. The first-order valence-electron chi connectivity index (χ1n) is 7.22. The van der Waals surface area contributed by atoms with Crippen LogP contribution in [0.5, 0.6) is 5.88 Å². The Bertz CT molecular complexity index is 684. The molecule has 2 N–H and O–H groups in total. The minimum atomic E-state index is -0.0901. The Balaban J connectivity index is 2.28. The number of pyridine rings is 1. The highest BCUT2D eigenvalue weighted by atomic mass is 16.5. The zero-order valence-corrected chi connectivity index (χ0v) is 13.4. The highest BCUT2D eigenvalue weighted by molar-refractivity contribution is 5.89. The van der Waals surface area contributed by atoms with E-state index in [1.165, 1.54) is 6.92 Å². The van der Waals surface area contributed by atoms with Gasteiger partial charge in [-0.05, 0) is 37.6 Å². The summed E-state index contributed by atoms with van der Waals surface area (Å²) < 4.78 is 5.30. The predicted molar refractivity (Wildman–Crippen MR) is 88.9 cm³/mol. The highest BCUT2D eigenvalue weighted by Crippen LogP contribution is 2.27. The molecule has 0 unspecified atom stereocenters. The van der Waals surface area contributed by atoms with E-state index in [0.717, 1.165) is 34.7 Å². The molecule has 0 aliphatic heterocycles. The molecule has 0 saturated heterocycles. The van der Waals surface area contributed by atoms with E-state index in [1.807, 2.05) is 37.3 Å². The molecule has 116 valence electrons. The molecule has 1 aromatic heterocycles. The fraction of sp³-hybridized carbons (Fsp3) is 0.294. The number of methoxy groups -OCH3 is 1. The SMILES string of the molecule is CCc1cc(Nc2cccc(NC(C)=O)c2)c(C)nc1OC. The van der Waals surface area contributed by atoms with Crippen LogP contribution in [0.15, 0.2) is 30.3 Å². The monoisotopic (exact) mass is 299 g/mol. The number of amides is 1. The maximum absolute atomic E-state index is 11.1. The van der Waals surface area contributed by atoms with Crippen LogP contribution < -0.4 is 15.4 Å². The summed E-state index contributed by atoms with van der Waals surface area (Å²) in [6, 6.07) is 9.62. The van der Waals surface area contributed by atoms with Crippen molar-refractivity contribution >= 4 is 23.0 Å². The second-order valence-electron chi connectivity index (χ2n) is 5.03. The van der Waals surface area contributed by atoms with E-state index in [1.54, 1.807) is 7.11 Å². The number of hydrogen-bond donors (Lipinski definition) is 2. The molecule has 5 heteroatoms. The number of nitrogens with one attached hydrogen (secondary N) is 2. The lowest BCUT2D eigenvalue weighted by atomic mass is 10.1. The number of rotatable bonds is 5. The minimum absolute atomic E-state index is 0.0901. The molecular weight excluding hydrogens is 278 g/mol. The predicted octanol–water partition coefficient (Wildman–Crippen LogP) is 3.66. The lowest BCUT2D eigenvalue weighted by Crippen LogP contribution is -2.06. The molecule has 0 bridgehead atoms. The molecule has 1 amide bonds. The quantitative estimate of drug-likeness (QED) is 0.884. The molecule has 0 radical (unpaired) electrons. The second kappa shape index (κ2) is 6.93. The number of aryl methyl sites for hydroxylation is 2. The standard InChI is InChI=1S/C17H21N3O2/c1-5-13-9-16(11(2)18-17(13)22-4)20-15-8-6-7-14(10-15)19-12(3)21/h6-10,20H,5H2,1-4H3,(H,19,21). The maximum Gasteiger partial charge on any atom is 0.221 e. The van der Waals surface area contributed by atoms with Crippen LogP contribution in [0.1, 0.15) is 25.1 Å². The fourth-order valence-electron chi connectivity index (χ4n) is 2.21. The van der Waals surface area contributed by atoms with Crippen molar-refractivity contribution in [3.8, 4) is 5.88 Å². The van der Waals surface area contributed by atoms with Gasteiger partial charge in [0.05, 0.1) is 18.5 Å². The average Bonchev–Trinajstić information content (AvgIpc) is 2.48.